The topological polar surface area (TPSA) is 63.3 Å². The average Bonchev–Trinajstić information content (AvgIpc) is 2.12. The van der Waals surface area contributed by atoms with Crippen molar-refractivity contribution in [3.05, 3.63) is 28.3 Å². The number of aromatic hydroxyl groups is 1. The summed E-state index contributed by atoms with van der Waals surface area (Å²) in [5.74, 6) is -0.378. The Bertz CT molecular complexity index is 375. The highest BCUT2D eigenvalue weighted by Crippen LogP contribution is 2.27. The Morgan fingerprint density at radius 2 is 2.14 bits per heavy atom. The maximum Gasteiger partial charge on any atom is 0.183 e. The third kappa shape index (κ3) is 1.89. The molecule has 3 N–H and O–H groups in total. The Morgan fingerprint density at radius 3 is 2.64 bits per heavy atom. The van der Waals surface area contributed by atoms with E-state index in [0.717, 1.165) is 0 Å². The number of Topliss-reactive ketones (excluding diaryl/α,β-unsaturated/α-hetero) is 1. The second-order valence-electron chi connectivity index (χ2n) is 3.22. The first kappa shape index (κ1) is 11.0. The summed E-state index contributed by atoms with van der Waals surface area (Å²) >= 11 is 5.83. The number of nitrogens with two attached hydrogens (primary N) is 1. The van der Waals surface area contributed by atoms with Crippen molar-refractivity contribution in [1.82, 2.24) is 0 Å². The molecule has 0 heterocycles. The van der Waals surface area contributed by atoms with Crippen molar-refractivity contribution in [3.63, 3.8) is 0 Å². The number of benzene rings is 1. The van der Waals surface area contributed by atoms with Gasteiger partial charge in [0.25, 0.3) is 0 Å². The van der Waals surface area contributed by atoms with E-state index in [1.54, 1.807) is 19.9 Å². The molecule has 0 spiro atoms. The van der Waals surface area contributed by atoms with Gasteiger partial charge in [-0.15, -0.1) is 0 Å². The molecule has 1 rings (SSSR count). The summed E-state index contributed by atoms with van der Waals surface area (Å²) in [7, 11) is 0. The lowest BCUT2D eigenvalue weighted by Crippen LogP contribution is -2.27. The molecule has 14 heavy (non-hydrogen) atoms. The van der Waals surface area contributed by atoms with Crippen LogP contribution in [0.4, 0.5) is 0 Å². The van der Waals surface area contributed by atoms with Gasteiger partial charge in [-0.25, -0.2) is 0 Å². The molecule has 1 atom stereocenters. The van der Waals surface area contributed by atoms with Gasteiger partial charge in [-0.2, -0.15) is 0 Å². The quantitative estimate of drug-likeness (QED) is 0.738. The van der Waals surface area contributed by atoms with E-state index in [1.165, 1.54) is 6.07 Å². The molecule has 4 heteroatoms. The lowest BCUT2D eigenvalue weighted by atomic mass is 10.00. The highest BCUT2D eigenvalue weighted by Gasteiger charge is 2.18. The molecule has 0 aliphatic rings. The van der Waals surface area contributed by atoms with Crippen LogP contribution >= 0.6 is 11.6 Å². The molecular formula is C10H12ClNO2. The number of hydrogen-bond donors (Lipinski definition) is 2. The Balaban J connectivity index is 3.33. The minimum absolute atomic E-state index is 0.0748. The van der Waals surface area contributed by atoms with Crippen molar-refractivity contribution in [2.24, 2.45) is 5.73 Å². The van der Waals surface area contributed by atoms with E-state index < -0.39 is 6.04 Å². The number of hydrogen-bond acceptors (Lipinski definition) is 3. The number of halogens is 1. The molecule has 0 amide bonds. The van der Waals surface area contributed by atoms with Crippen LogP contribution in [0.25, 0.3) is 0 Å². The fourth-order valence-corrected chi connectivity index (χ4v) is 1.37. The van der Waals surface area contributed by atoms with E-state index >= 15 is 0 Å². The Labute approximate surface area is 87.5 Å². The van der Waals surface area contributed by atoms with Gasteiger partial charge in [0.1, 0.15) is 5.75 Å². The van der Waals surface area contributed by atoms with E-state index in [2.05, 4.69) is 0 Å². The molecule has 0 fully saturated rings. The second-order valence-corrected chi connectivity index (χ2v) is 3.63. The molecule has 0 radical (unpaired) electrons. The SMILES string of the molecule is Cc1c(Cl)ccc(O)c1C(=O)C(C)N. The van der Waals surface area contributed by atoms with Gasteiger partial charge in [-0.05, 0) is 31.5 Å². The smallest absolute Gasteiger partial charge is 0.183 e. The fourth-order valence-electron chi connectivity index (χ4n) is 1.21. The first-order chi connectivity index (χ1) is 6.45. The van der Waals surface area contributed by atoms with Gasteiger partial charge in [-0.1, -0.05) is 11.6 Å². The molecule has 0 saturated carbocycles. The van der Waals surface area contributed by atoms with E-state index in [0.29, 0.717) is 10.6 Å². The summed E-state index contributed by atoms with van der Waals surface area (Å²) in [6.07, 6.45) is 0. The summed E-state index contributed by atoms with van der Waals surface area (Å²) in [5.41, 5.74) is 6.23. The zero-order valence-corrected chi connectivity index (χ0v) is 8.80. The molecular weight excluding hydrogens is 202 g/mol. The molecule has 3 nitrogen and oxygen atoms in total. The largest absolute Gasteiger partial charge is 0.507 e. The highest BCUT2D eigenvalue weighted by molar-refractivity contribution is 6.32. The standard InChI is InChI=1S/C10H12ClNO2/c1-5-7(11)3-4-8(13)9(5)10(14)6(2)12/h3-4,6,13H,12H2,1-2H3. The van der Waals surface area contributed by atoms with Crippen LogP contribution < -0.4 is 5.73 Å². The van der Waals surface area contributed by atoms with Crippen molar-refractivity contribution < 1.29 is 9.90 Å². The number of ketones is 1. The first-order valence-corrected chi connectivity index (χ1v) is 4.60. The first-order valence-electron chi connectivity index (χ1n) is 4.23. The Morgan fingerprint density at radius 1 is 1.57 bits per heavy atom. The Hall–Kier alpha value is -1.06. The van der Waals surface area contributed by atoms with Crippen molar-refractivity contribution >= 4 is 17.4 Å². The maximum absolute atomic E-state index is 11.6. The highest BCUT2D eigenvalue weighted by atomic mass is 35.5. The van der Waals surface area contributed by atoms with E-state index in [4.69, 9.17) is 17.3 Å². The van der Waals surface area contributed by atoms with E-state index in [9.17, 15) is 9.90 Å². The molecule has 0 aromatic heterocycles. The third-order valence-electron chi connectivity index (χ3n) is 2.04. The van der Waals surface area contributed by atoms with Crippen molar-refractivity contribution in [2.45, 2.75) is 19.9 Å². The van der Waals surface area contributed by atoms with Crippen LogP contribution in [0.5, 0.6) is 5.75 Å². The normalized spacial score (nSPS) is 12.6. The Kier molecular flexibility index (Phi) is 3.13. The summed E-state index contributed by atoms with van der Waals surface area (Å²) < 4.78 is 0. The minimum atomic E-state index is -0.641. The van der Waals surface area contributed by atoms with Gasteiger partial charge < -0.3 is 10.8 Å². The molecule has 1 aromatic rings. The van der Waals surface area contributed by atoms with Gasteiger partial charge in [0, 0.05) is 5.02 Å². The van der Waals surface area contributed by atoms with Gasteiger partial charge in [-0.3, -0.25) is 4.79 Å². The monoisotopic (exact) mass is 213 g/mol. The predicted molar refractivity (Wildman–Crippen MR) is 55.8 cm³/mol. The van der Waals surface area contributed by atoms with E-state index in [1.807, 2.05) is 0 Å². The van der Waals surface area contributed by atoms with Crippen LogP contribution in [0, 0.1) is 6.92 Å². The molecule has 0 aliphatic carbocycles. The lowest BCUT2D eigenvalue weighted by Gasteiger charge is -2.10. The summed E-state index contributed by atoms with van der Waals surface area (Å²) in [5, 5.41) is 9.95. The van der Waals surface area contributed by atoms with Crippen LogP contribution in [0.2, 0.25) is 5.02 Å². The number of phenols is 1. The number of rotatable bonds is 2. The summed E-state index contributed by atoms with van der Waals surface area (Å²) in [6, 6.07) is 2.30. The van der Waals surface area contributed by atoms with Crippen LogP contribution in [-0.2, 0) is 0 Å². The third-order valence-corrected chi connectivity index (χ3v) is 2.45. The van der Waals surface area contributed by atoms with Gasteiger partial charge in [0.15, 0.2) is 5.78 Å². The molecule has 1 aromatic carbocycles. The van der Waals surface area contributed by atoms with Gasteiger partial charge in [0.05, 0.1) is 11.6 Å². The van der Waals surface area contributed by atoms with Gasteiger partial charge in [0.2, 0.25) is 0 Å². The molecule has 1 unspecified atom stereocenters. The van der Waals surface area contributed by atoms with Crippen LogP contribution in [-0.4, -0.2) is 16.9 Å². The molecule has 76 valence electrons. The minimum Gasteiger partial charge on any atom is -0.507 e. The molecule has 0 bridgehead atoms. The summed E-state index contributed by atoms with van der Waals surface area (Å²) in [4.78, 5) is 11.6. The van der Waals surface area contributed by atoms with Crippen LogP contribution in [0.3, 0.4) is 0 Å². The number of phenolic OH excluding ortho intramolecular Hbond substituents is 1. The zero-order valence-electron chi connectivity index (χ0n) is 8.04. The van der Waals surface area contributed by atoms with Crippen molar-refractivity contribution in [2.75, 3.05) is 0 Å². The second kappa shape index (κ2) is 3.98. The van der Waals surface area contributed by atoms with Crippen LogP contribution in [0.1, 0.15) is 22.8 Å². The van der Waals surface area contributed by atoms with Gasteiger partial charge >= 0.3 is 0 Å². The van der Waals surface area contributed by atoms with Crippen molar-refractivity contribution in [3.8, 4) is 5.75 Å². The van der Waals surface area contributed by atoms with Crippen LogP contribution in [0.15, 0.2) is 12.1 Å². The van der Waals surface area contributed by atoms with Crippen molar-refractivity contribution in [1.29, 1.82) is 0 Å². The fraction of sp³-hybridized carbons (Fsp3) is 0.300. The predicted octanol–water partition coefficient (Wildman–Crippen LogP) is 1.88. The molecule has 0 saturated heterocycles. The van der Waals surface area contributed by atoms with E-state index in [-0.39, 0.29) is 17.1 Å². The summed E-state index contributed by atoms with van der Waals surface area (Å²) in [6.45, 7) is 3.25. The molecule has 0 aliphatic heterocycles. The maximum atomic E-state index is 11.6. The number of carbonyl (C=O) groups is 1. The number of carbonyl (C=O) groups excluding carboxylic acids is 1. The zero-order chi connectivity index (χ0) is 10.9. The average molecular weight is 214 g/mol. The lowest BCUT2D eigenvalue weighted by molar-refractivity contribution is 0.0964.